The van der Waals surface area contributed by atoms with Crippen molar-refractivity contribution >= 4 is 11.8 Å². The van der Waals surface area contributed by atoms with Gasteiger partial charge in [0.1, 0.15) is 6.10 Å². The van der Waals surface area contributed by atoms with E-state index in [9.17, 15) is 14.7 Å². The number of fused-ring (bicyclic) bond motifs is 5. The Morgan fingerprint density at radius 2 is 1.88 bits per heavy atom. The zero-order valence-corrected chi connectivity index (χ0v) is 21.5. The quantitative estimate of drug-likeness (QED) is 0.507. The molecule has 3 saturated carbocycles. The van der Waals surface area contributed by atoms with Crippen molar-refractivity contribution in [2.75, 3.05) is 0 Å². The Morgan fingerprint density at radius 1 is 1.15 bits per heavy atom. The molecule has 4 aliphatic rings. The number of rotatable bonds is 6. The molecule has 3 fully saturated rings. The van der Waals surface area contributed by atoms with Gasteiger partial charge < -0.3 is 9.84 Å². The van der Waals surface area contributed by atoms with Crippen LogP contribution in [0.4, 0.5) is 0 Å². The molecule has 0 radical (unpaired) electrons. The summed E-state index contributed by atoms with van der Waals surface area (Å²) >= 11 is 0. The van der Waals surface area contributed by atoms with E-state index in [4.69, 9.17) is 4.74 Å². The molecule has 184 valence electrons. The van der Waals surface area contributed by atoms with Gasteiger partial charge in [-0.3, -0.25) is 9.59 Å². The fraction of sp³-hybridized carbons (Fsp3) is 0.793. The lowest BCUT2D eigenvalue weighted by Gasteiger charge is -2.59. The molecule has 9 unspecified atom stereocenters. The number of ether oxygens (including phenoxy) is 1. The molecule has 0 amide bonds. The Bertz CT molecular complexity index is 841. The third-order valence-corrected chi connectivity index (χ3v) is 10.3. The predicted octanol–water partition coefficient (Wildman–Crippen LogP) is 5.89. The zero-order chi connectivity index (χ0) is 24.1. The number of esters is 1. The van der Waals surface area contributed by atoms with E-state index in [0.29, 0.717) is 29.6 Å². The topological polar surface area (TPSA) is 63.6 Å². The van der Waals surface area contributed by atoms with E-state index in [2.05, 4.69) is 40.7 Å². The predicted molar refractivity (Wildman–Crippen MR) is 130 cm³/mol. The van der Waals surface area contributed by atoms with Crippen molar-refractivity contribution in [3.05, 3.63) is 23.8 Å². The van der Waals surface area contributed by atoms with Crippen LogP contribution in [0.3, 0.4) is 0 Å². The Hall–Kier alpha value is -1.42. The highest BCUT2D eigenvalue weighted by Crippen LogP contribution is 2.67. The Kier molecular flexibility index (Phi) is 6.72. The highest BCUT2D eigenvalue weighted by Gasteiger charge is 2.63. The minimum absolute atomic E-state index is 0.0823. The molecule has 1 N–H and O–H groups in total. The maximum absolute atomic E-state index is 12.0. The lowest BCUT2D eigenvalue weighted by molar-refractivity contribution is -0.159. The summed E-state index contributed by atoms with van der Waals surface area (Å²) in [5.74, 6) is 2.49. The van der Waals surface area contributed by atoms with E-state index < -0.39 is 0 Å². The molecule has 0 aromatic carbocycles. The van der Waals surface area contributed by atoms with Crippen molar-refractivity contribution in [3.8, 4) is 0 Å². The van der Waals surface area contributed by atoms with Crippen LogP contribution in [0.2, 0.25) is 0 Å². The number of carbonyl (C=O) groups excluding carboxylic acids is 2. The standard InChI is InChI=1S/C29H44O4/c1-17(2)7-12-26(33-19(4)30)18(3)23-10-11-24-22-9-8-20-15-21(31)13-14-28(20,5)25(22)16-27(32)29(23,24)6/h13-15,17-18,22-27,32H,7-12,16H2,1-6H3. The van der Waals surface area contributed by atoms with Crippen LogP contribution in [0.25, 0.3) is 0 Å². The van der Waals surface area contributed by atoms with Crippen LogP contribution < -0.4 is 0 Å². The summed E-state index contributed by atoms with van der Waals surface area (Å²) in [5.41, 5.74) is 1.00. The molecule has 4 rings (SSSR count). The highest BCUT2D eigenvalue weighted by atomic mass is 16.5. The highest BCUT2D eigenvalue weighted by molar-refractivity contribution is 6.01. The largest absolute Gasteiger partial charge is 0.462 e. The Labute approximate surface area is 200 Å². The fourth-order valence-electron chi connectivity index (χ4n) is 8.46. The minimum atomic E-state index is -0.371. The van der Waals surface area contributed by atoms with Crippen LogP contribution >= 0.6 is 0 Å². The van der Waals surface area contributed by atoms with Crippen molar-refractivity contribution in [1.82, 2.24) is 0 Å². The normalized spacial score (nSPS) is 41.6. The van der Waals surface area contributed by atoms with Gasteiger partial charge in [-0.05, 0) is 98.0 Å². The van der Waals surface area contributed by atoms with Crippen LogP contribution in [0.5, 0.6) is 0 Å². The van der Waals surface area contributed by atoms with Crippen molar-refractivity contribution in [3.63, 3.8) is 0 Å². The summed E-state index contributed by atoms with van der Waals surface area (Å²) in [6.45, 7) is 12.8. The van der Waals surface area contributed by atoms with Crippen LogP contribution in [0.15, 0.2) is 23.8 Å². The number of hydrogen-bond donors (Lipinski definition) is 1. The van der Waals surface area contributed by atoms with E-state index in [1.807, 2.05) is 6.08 Å². The summed E-state index contributed by atoms with van der Waals surface area (Å²) in [6.07, 6.45) is 12.3. The summed E-state index contributed by atoms with van der Waals surface area (Å²) < 4.78 is 5.87. The second-order valence-electron chi connectivity index (χ2n) is 12.4. The third-order valence-electron chi connectivity index (χ3n) is 10.3. The lowest BCUT2D eigenvalue weighted by atomic mass is 9.46. The third kappa shape index (κ3) is 4.15. The molecule has 4 heteroatoms. The maximum atomic E-state index is 12.0. The van der Waals surface area contributed by atoms with Crippen LogP contribution in [-0.2, 0) is 14.3 Å². The van der Waals surface area contributed by atoms with E-state index in [0.717, 1.165) is 44.9 Å². The van der Waals surface area contributed by atoms with E-state index in [-0.39, 0.29) is 40.7 Å². The fourth-order valence-corrected chi connectivity index (χ4v) is 8.46. The molecule has 0 bridgehead atoms. The molecular formula is C29H44O4. The first-order valence-corrected chi connectivity index (χ1v) is 13.3. The van der Waals surface area contributed by atoms with Gasteiger partial charge in [-0.2, -0.15) is 0 Å². The number of aliphatic hydroxyl groups excluding tert-OH is 1. The molecule has 0 aromatic heterocycles. The molecule has 9 atom stereocenters. The SMILES string of the molecule is CC(=O)OC(CCC(C)C)C(C)C1CCC2C3CCC4=CC(=O)C=CC4(C)C3CC(O)C12C. The number of aliphatic hydroxyl groups is 1. The van der Waals surface area contributed by atoms with Gasteiger partial charge in [-0.15, -0.1) is 0 Å². The van der Waals surface area contributed by atoms with E-state index >= 15 is 0 Å². The van der Waals surface area contributed by atoms with Gasteiger partial charge in [0, 0.05) is 12.3 Å². The molecule has 0 saturated heterocycles. The summed E-state index contributed by atoms with van der Waals surface area (Å²) in [5, 5.41) is 11.7. The first-order chi connectivity index (χ1) is 15.5. The smallest absolute Gasteiger partial charge is 0.302 e. The van der Waals surface area contributed by atoms with Crippen LogP contribution in [0.1, 0.15) is 86.5 Å². The van der Waals surface area contributed by atoms with Gasteiger partial charge in [0.2, 0.25) is 0 Å². The molecule has 0 aliphatic heterocycles. The summed E-state index contributed by atoms with van der Waals surface area (Å²) in [4.78, 5) is 23.9. The molecule has 0 aromatic rings. The van der Waals surface area contributed by atoms with Crippen molar-refractivity contribution in [2.45, 2.75) is 98.7 Å². The number of carbonyl (C=O) groups is 2. The second kappa shape index (κ2) is 8.98. The molecule has 0 heterocycles. The van der Waals surface area contributed by atoms with Crippen LogP contribution in [0, 0.1) is 46.3 Å². The molecular weight excluding hydrogens is 412 g/mol. The van der Waals surface area contributed by atoms with Crippen molar-refractivity contribution < 1.29 is 19.4 Å². The van der Waals surface area contributed by atoms with E-state index in [1.165, 1.54) is 12.5 Å². The van der Waals surface area contributed by atoms with E-state index in [1.54, 1.807) is 6.08 Å². The number of ketones is 1. The molecule has 4 nitrogen and oxygen atoms in total. The number of allylic oxidation sites excluding steroid dienone is 4. The molecule has 4 aliphatic carbocycles. The number of hydrogen-bond acceptors (Lipinski definition) is 4. The van der Waals surface area contributed by atoms with Gasteiger partial charge >= 0.3 is 5.97 Å². The molecule has 0 spiro atoms. The Morgan fingerprint density at radius 3 is 2.55 bits per heavy atom. The summed E-state index contributed by atoms with van der Waals surface area (Å²) in [7, 11) is 0. The average Bonchev–Trinajstić information content (AvgIpc) is 3.10. The van der Waals surface area contributed by atoms with Gasteiger partial charge in [0.15, 0.2) is 5.78 Å². The average molecular weight is 457 g/mol. The van der Waals surface area contributed by atoms with Crippen LogP contribution in [-0.4, -0.2) is 29.1 Å². The van der Waals surface area contributed by atoms with Crippen molar-refractivity contribution in [1.29, 1.82) is 0 Å². The maximum Gasteiger partial charge on any atom is 0.302 e. The van der Waals surface area contributed by atoms with Crippen molar-refractivity contribution in [2.24, 2.45) is 46.3 Å². The molecule has 33 heavy (non-hydrogen) atoms. The summed E-state index contributed by atoms with van der Waals surface area (Å²) in [6, 6.07) is 0. The van der Waals surface area contributed by atoms with Gasteiger partial charge in [-0.25, -0.2) is 0 Å². The van der Waals surface area contributed by atoms with Gasteiger partial charge in [0.05, 0.1) is 6.10 Å². The first kappa shape index (κ1) is 24.7. The minimum Gasteiger partial charge on any atom is -0.462 e. The monoisotopic (exact) mass is 456 g/mol. The Balaban J connectivity index is 1.59. The van der Waals surface area contributed by atoms with Gasteiger partial charge in [-0.1, -0.05) is 46.3 Å². The lowest BCUT2D eigenvalue weighted by Crippen LogP contribution is -2.57. The first-order valence-electron chi connectivity index (χ1n) is 13.3. The van der Waals surface area contributed by atoms with Gasteiger partial charge in [0.25, 0.3) is 0 Å². The second-order valence-corrected chi connectivity index (χ2v) is 12.4. The zero-order valence-electron chi connectivity index (χ0n) is 21.5.